The number of unbranched alkanes of at least 4 members (excludes halogenated alkanes) is 29. The fraction of sp³-hybridized carbons (Fsp3) is 0.917. The van der Waals surface area contributed by atoms with Gasteiger partial charge in [0.1, 0.15) is 6.10 Å². The normalized spacial score (nSPS) is 13.4. The van der Waals surface area contributed by atoms with Crippen LogP contribution in [0.25, 0.3) is 0 Å². The minimum absolute atomic E-state index is 0.0630. The average molecular weight is 764 g/mol. The molecule has 3 N–H and O–H groups in total. The van der Waals surface area contributed by atoms with Crippen LogP contribution in [-0.2, 0) is 14.3 Å². The molecule has 6 nitrogen and oxygen atoms in total. The molecule has 0 aromatic rings. The molecule has 0 radical (unpaired) electrons. The molecule has 0 fully saturated rings. The molecule has 3 unspecified atom stereocenters. The second-order valence-corrected chi connectivity index (χ2v) is 16.5. The molecule has 6 heteroatoms. The van der Waals surface area contributed by atoms with E-state index in [0.29, 0.717) is 19.3 Å². The summed E-state index contributed by atoms with van der Waals surface area (Å²) in [4.78, 5) is 26.0. The largest absolute Gasteiger partial charge is 0.462 e. The number of rotatable bonds is 43. The van der Waals surface area contributed by atoms with Crippen LogP contribution in [0.3, 0.4) is 0 Å². The molecule has 54 heavy (non-hydrogen) atoms. The van der Waals surface area contributed by atoms with E-state index < -0.39 is 18.2 Å². The van der Waals surface area contributed by atoms with Gasteiger partial charge in [0.2, 0.25) is 5.91 Å². The zero-order valence-electron chi connectivity index (χ0n) is 36.4. The van der Waals surface area contributed by atoms with Gasteiger partial charge in [0.25, 0.3) is 0 Å². The Balaban J connectivity index is 4.57. The second kappa shape index (κ2) is 42.7. The maximum atomic E-state index is 13.1. The highest BCUT2D eigenvalue weighted by atomic mass is 16.5. The number of amides is 1. The molecule has 0 rings (SSSR count). The highest BCUT2D eigenvalue weighted by Gasteiger charge is 2.24. The Morgan fingerprint density at radius 2 is 0.907 bits per heavy atom. The van der Waals surface area contributed by atoms with Crippen molar-refractivity contribution in [2.75, 3.05) is 6.61 Å². The van der Waals surface area contributed by atoms with Gasteiger partial charge in [-0.2, -0.15) is 0 Å². The van der Waals surface area contributed by atoms with Crippen LogP contribution in [0.5, 0.6) is 0 Å². The van der Waals surface area contributed by atoms with Crippen molar-refractivity contribution in [2.24, 2.45) is 0 Å². The van der Waals surface area contributed by atoms with Gasteiger partial charge >= 0.3 is 5.97 Å². The number of allylic oxidation sites excluding steroid dienone is 2. The fourth-order valence-electron chi connectivity index (χ4n) is 7.43. The van der Waals surface area contributed by atoms with Gasteiger partial charge < -0.3 is 20.3 Å². The topological polar surface area (TPSA) is 95.9 Å². The van der Waals surface area contributed by atoms with Gasteiger partial charge in [0, 0.05) is 6.42 Å². The number of nitrogens with one attached hydrogen (secondary N) is 1. The Bertz CT molecular complexity index is 817. The van der Waals surface area contributed by atoms with Gasteiger partial charge in [-0.05, 0) is 44.9 Å². The predicted molar refractivity (Wildman–Crippen MR) is 232 cm³/mol. The summed E-state index contributed by atoms with van der Waals surface area (Å²) in [5.41, 5.74) is 0. The molecule has 320 valence electrons. The van der Waals surface area contributed by atoms with E-state index in [1.807, 2.05) is 0 Å². The summed E-state index contributed by atoms with van der Waals surface area (Å²) in [6, 6.07) is -0.701. The second-order valence-electron chi connectivity index (χ2n) is 16.5. The Kier molecular flexibility index (Phi) is 41.6. The Morgan fingerprint density at radius 1 is 0.519 bits per heavy atom. The van der Waals surface area contributed by atoms with Crippen LogP contribution >= 0.6 is 0 Å². The molecule has 0 aliphatic carbocycles. The van der Waals surface area contributed by atoms with Gasteiger partial charge in [0.05, 0.1) is 25.2 Å². The van der Waals surface area contributed by atoms with E-state index in [0.717, 1.165) is 51.4 Å². The zero-order chi connectivity index (χ0) is 39.6. The van der Waals surface area contributed by atoms with E-state index >= 15 is 0 Å². The van der Waals surface area contributed by atoms with Crippen molar-refractivity contribution in [3.63, 3.8) is 0 Å². The number of hydrogen-bond acceptors (Lipinski definition) is 5. The van der Waals surface area contributed by atoms with E-state index in [1.54, 1.807) is 0 Å². The van der Waals surface area contributed by atoms with Gasteiger partial charge in [-0.25, -0.2) is 0 Å². The monoisotopic (exact) mass is 764 g/mol. The molecule has 1 amide bonds. The minimum Gasteiger partial charge on any atom is -0.462 e. The Morgan fingerprint density at radius 3 is 1.35 bits per heavy atom. The van der Waals surface area contributed by atoms with Crippen LogP contribution in [0.4, 0.5) is 0 Å². The lowest BCUT2D eigenvalue weighted by atomic mass is 10.0. The van der Waals surface area contributed by atoms with Crippen molar-refractivity contribution in [3.8, 4) is 0 Å². The standard InChI is InChI=1S/C48H93NO5/c1-4-7-10-13-16-19-22-23-26-29-32-35-38-41-48(53)54-44(39-36-33-30-27-24-20-17-14-11-8-5-2)42-47(52)49-45(43-50)46(51)40-37-34-31-28-25-21-18-15-12-9-6-3/h27,30,44-46,50-51H,4-26,28-29,31-43H2,1-3H3,(H,49,52)/b30-27-. The molecule has 0 aliphatic heterocycles. The van der Waals surface area contributed by atoms with Gasteiger partial charge in [-0.3, -0.25) is 9.59 Å². The van der Waals surface area contributed by atoms with Crippen LogP contribution in [0.2, 0.25) is 0 Å². The first-order chi connectivity index (χ1) is 26.5. The third-order valence-electron chi connectivity index (χ3n) is 11.1. The molecule has 3 atom stereocenters. The van der Waals surface area contributed by atoms with E-state index in [9.17, 15) is 19.8 Å². The molecule has 0 saturated heterocycles. The Hall–Kier alpha value is -1.40. The zero-order valence-corrected chi connectivity index (χ0v) is 36.4. The molecule has 0 aromatic carbocycles. The van der Waals surface area contributed by atoms with E-state index in [-0.39, 0.29) is 24.9 Å². The molecule has 0 saturated carbocycles. The molecule has 0 aromatic heterocycles. The van der Waals surface area contributed by atoms with E-state index in [1.165, 1.54) is 161 Å². The lowest BCUT2D eigenvalue weighted by Crippen LogP contribution is -2.46. The first kappa shape index (κ1) is 52.6. The van der Waals surface area contributed by atoms with Crippen molar-refractivity contribution in [3.05, 3.63) is 12.2 Å². The van der Waals surface area contributed by atoms with Crippen molar-refractivity contribution in [2.45, 2.75) is 277 Å². The summed E-state index contributed by atoms with van der Waals surface area (Å²) in [5, 5.41) is 23.6. The molecule has 0 heterocycles. The first-order valence-corrected chi connectivity index (χ1v) is 23.9. The van der Waals surface area contributed by atoms with Crippen molar-refractivity contribution >= 4 is 11.9 Å². The molecular formula is C48H93NO5. The lowest BCUT2D eigenvalue weighted by Gasteiger charge is -2.24. The van der Waals surface area contributed by atoms with Crippen LogP contribution in [0.1, 0.15) is 258 Å². The SMILES string of the molecule is CCCCCCCC/C=C\CCCC(CC(=O)NC(CO)C(O)CCCCCCCCCCCCC)OC(=O)CCCCCCCCCCCCCCC. The summed E-state index contributed by atoms with van der Waals surface area (Å²) in [6.07, 6.45) is 45.6. The first-order valence-electron chi connectivity index (χ1n) is 23.9. The average Bonchev–Trinajstić information content (AvgIpc) is 3.16. The molecule has 0 aliphatic rings. The van der Waals surface area contributed by atoms with Crippen molar-refractivity contribution in [1.29, 1.82) is 0 Å². The summed E-state index contributed by atoms with van der Waals surface area (Å²) >= 11 is 0. The van der Waals surface area contributed by atoms with Gasteiger partial charge in [-0.1, -0.05) is 213 Å². The van der Waals surface area contributed by atoms with E-state index in [4.69, 9.17) is 4.74 Å². The maximum Gasteiger partial charge on any atom is 0.306 e. The number of aliphatic hydroxyl groups is 2. The third kappa shape index (κ3) is 37.5. The van der Waals surface area contributed by atoms with Gasteiger partial charge in [-0.15, -0.1) is 0 Å². The minimum atomic E-state index is -0.786. The van der Waals surface area contributed by atoms with Crippen molar-refractivity contribution in [1.82, 2.24) is 5.32 Å². The number of esters is 1. The quantitative estimate of drug-likeness (QED) is 0.0326. The molecular weight excluding hydrogens is 671 g/mol. The molecule has 0 spiro atoms. The number of aliphatic hydroxyl groups excluding tert-OH is 2. The summed E-state index contributed by atoms with van der Waals surface area (Å²) in [6.45, 7) is 6.46. The predicted octanol–water partition coefficient (Wildman–Crippen LogP) is 13.8. The van der Waals surface area contributed by atoms with Crippen LogP contribution in [0, 0.1) is 0 Å². The van der Waals surface area contributed by atoms with Crippen LogP contribution < -0.4 is 5.32 Å². The summed E-state index contributed by atoms with van der Waals surface area (Å²) in [5.74, 6) is -0.492. The van der Waals surface area contributed by atoms with Crippen LogP contribution in [-0.4, -0.2) is 46.9 Å². The number of hydrogen-bond donors (Lipinski definition) is 3. The fourth-order valence-corrected chi connectivity index (χ4v) is 7.43. The molecule has 0 bridgehead atoms. The van der Waals surface area contributed by atoms with Crippen molar-refractivity contribution < 1.29 is 24.5 Å². The van der Waals surface area contributed by atoms with E-state index in [2.05, 4.69) is 38.2 Å². The summed E-state index contributed by atoms with van der Waals surface area (Å²) < 4.78 is 5.89. The van der Waals surface area contributed by atoms with Gasteiger partial charge in [0.15, 0.2) is 0 Å². The smallest absolute Gasteiger partial charge is 0.306 e. The lowest BCUT2D eigenvalue weighted by molar-refractivity contribution is -0.151. The highest BCUT2D eigenvalue weighted by molar-refractivity contribution is 5.77. The number of ether oxygens (including phenoxy) is 1. The number of carbonyl (C=O) groups excluding carboxylic acids is 2. The number of carbonyl (C=O) groups is 2. The summed E-state index contributed by atoms with van der Waals surface area (Å²) in [7, 11) is 0. The maximum absolute atomic E-state index is 13.1. The Labute approximate surface area is 336 Å². The third-order valence-corrected chi connectivity index (χ3v) is 11.1. The van der Waals surface area contributed by atoms with Crippen LogP contribution in [0.15, 0.2) is 12.2 Å². The highest BCUT2D eigenvalue weighted by Crippen LogP contribution is 2.17.